The van der Waals surface area contributed by atoms with Crippen molar-refractivity contribution in [2.75, 3.05) is 13.5 Å². The van der Waals surface area contributed by atoms with Gasteiger partial charge in [0.05, 0.1) is 6.04 Å². The standard InChI is InChI=1S/C17H17NO4/c1-18-7-6-17-9-3-5-11(20)16(17)22-15-10(19)4-2-8(12(15)17)14(21)13(9)18/h2-5,9,11,13,16,19-20H,6-7H2,1H3/t9-,11-,13+,16-,17-/m0/s1/i1D3. The number of ketones is 1. The fourth-order valence-electron chi connectivity index (χ4n) is 4.89. The number of phenols is 1. The molecule has 0 saturated carbocycles. The second-order valence-electron chi connectivity index (χ2n) is 6.57. The fraction of sp³-hybridized carbons (Fsp3) is 0.471. The van der Waals surface area contributed by atoms with Crippen LogP contribution in [0.25, 0.3) is 0 Å². The van der Waals surface area contributed by atoms with E-state index in [4.69, 9.17) is 8.85 Å². The molecule has 0 unspecified atom stereocenters. The monoisotopic (exact) mass is 302 g/mol. The second-order valence-corrected chi connectivity index (χ2v) is 6.57. The maximum absolute atomic E-state index is 13.2. The van der Waals surface area contributed by atoms with Gasteiger partial charge >= 0.3 is 0 Å². The average molecular weight is 302 g/mol. The molecule has 5 heteroatoms. The van der Waals surface area contributed by atoms with E-state index in [9.17, 15) is 15.0 Å². The molecule has 1 spiro atoms. The summed E-state index contributed by atoms with van der Waals surface area (Å²) >= 11 is 0. The minimum absolute atomic E-state index is 0.0574. The molecule has 1 aromatic carbocycles. The number of hydrogen-bond acceptors (Lipinski definition) is 5. The van der Waals surface area contributed by atoms with Gasteiger partial charge in [-0.3, -0.25) is 9.69 Å². The molecule has 0 radical (unpaired) electrons. The molecule has 1 saturated heterocycles. The maximum Gasteiger partial charge on any atom is 0.181 e. The summed E-state index contributed by atoms with van der Waals surface area (Å²) in [5.74, 6) is -0.474. The molecule has 2 bridgehead atoms. The van der Waals surface area contributed by atoms with Crippen LogP contribution >= 0.6 is 0 Å². The Morgan fingerprint density at radius 2 is 2.32 bits per heavy atom. The van der Waals surface area contributed by atoms with E-state index >= 15 is 0 Å². The lowest BCUT2D eigenvalue weighted by Crippen LogP contribution is -2.66. The van der Waals surface area contributed by atoms with Crippen LogP contribution in [0.15, 0.2) is 24.3 Å². The summed E-state index contributed by atoms with van der Waals surface area (Å²) in [5, 5.41) is 20.7. The molecule has 2 aliphatic carbocycles. The lowest BCUT2D eigenvalue weighted by Gasteiger charge is -2.55. The van der Waals surface area contributed by atoms with E-state index in [1.165, 1.54) is 11.0 Å². The molecule has 22 heavy (non-hydrogen) atoms. The Hall–Kier alpha value is -1.85. The number of piperidine rings is 1. The lowest BCUT2D eigenvalue weighted by atomic mass is 9.53. The van der Waals surface area contributed by atoms with Crippen molar-refractivity contribution in [3.63, 3.8) is 0 Å². The third kappa shape index (κ3) is 1.15. The van der Waals surface area contributed by atoms with Gasteiger partial charge < -0.3 is 14.9 Å². The quantitative estimate of drug-likeness (QED) is 0.695. The van der Waals surface area contributed by atoms with Crippen molar-refractivity contribution in [2.24, 2.45) is 5.92 Å². The Morgan fingerprint density at radius 1 is 1.45 bits per heavy atom. The van der Waals surface area contributed by atoms with Crippen LogP contribution in [0.5, 0.6) is 11.5 Å². The Labute approximate surface area is 132 Å². The number of nitrogens with zero attached hydrogens (tertiary/aromatic N) is 1. The van der Waals surface area contributed by atoms with Crippen molar-refractivity contribution in [2.45, 2.75) is 30.1 Å². The third-order valence-corrected chi connectivity index (χ3v) is 5.75. The third-order valence-electron chi connectivity index (χ3n) is 5.75. The number of likely N-dealkylation sites (N-methyl/N-ethyl adjacent to an activating group) is 1. The van der Waals surface area contributed by atoms with Crippen molar-refractivity contribution >= 4 is 5.78 Å². The van der Waals surface area contributed by atoms with Crippen molar-refractivity contribution in [3.8, 4) is 11.5 Å². The number of aliphatic hydroxyl groups excluding tert-OH is 1. The number of carbonyl (C=O) groups is 1. The topological polar surface area (TPSA) is 70.0 Å². The maximum atomic E-state index is 13.2. The molecule has 2 N–H and O–H groups in total. The Bertz CT molecular complexity index is 836. The highest BCUT2D eigenvalue weighted by molar-refractivity contribution is 6.05. The highest BCUT2D eigenvalue weighted by Crippen LogP contribution is 2.62. The first-order chi connectivity index (χ1) is 11.8. The number of aliphatic hydroxyl groups is 1. The van der Waals surface area contributed by atoms with Crippen molar-refractivity contribution < 1.29 is 23.9 Å². The van der Waals surface area contributed by atoms with Gasteiger partial charge in [-0.05, 0) is 32.1 Å². The molecular formula is C17H17NO4. The summed E-state index contributed by atoms with van der Waals surface area (Å²) in [6.07, 6.45) is 2.27. The summed E-state index contributed by atoms with van der Waals surface area (Å²) in [5.41, 5.74) is 0.350. The van der Waals surface area contributed by atoms with Crippen LogP contribution in [0.4, 0.5) is 0 Å². The van der Waals surface area contributed by atoms with Gasteiger partial charge in [0.25, 0.3) is 0 Å². The predicted octanol–water partition coefficient (Wildman–Crippen LogP) is 0.838. The molecular weight excluding hydrogens is 282 g/mol. The van der Waals surface area contributed by atoms with Crippen LogP contribution in [0, 0.1) is 5.92 Å². The average Bonchev–Trinajstić information content (AvgIpc) is 2.89. The Balaban J connectivity index is 1.82. The summed E-state index contributed by atoms with van der Waals surface area (Å²) in [7, 11) is 0. The number of aromatic hydroxyl groups is 1. The van der Waals surface area contributed by atoms with Crippen molar-refractivity contribution in [1.29, 1.82) is 0 Å². The first-order valence-electron chi connectivity index (χ1n) is 8.97. The minimum atomic E-state index is -2.38. The van der Waals surface area contributed by atoms with Gasteiger partial charge in [0.1, 0.15) is 12.2 Å². The summed E-state index contributed by atoms with van der Waals surface area (Å²) < 4.78 is 29.4. The Morgan fingerprint density at radius 3 is 3.14 bits per heavy atom. The number of phenolic OH excluding ortho intramolecular Hbond substituents is 1. The van der Waals surface area contributed by atoms with Gasteiger partial charge in [0.2, 0.25) is 0 Å². The van der Waals surface area contributed by atoms with Crippen LogP contribution in [0.3, 0.4) is 0 Å². The van der Waals surface area contributed by atoms with Crippen molar-refractivity contribution in [1.82, 2.24) is 4.90 Å². The first kappa shape index (κ1) is 10.0. The smallest absolute Gasteiger partial charge is 0.181 e. The SMILES string of the molecule is [2H]C([2H])([2H])N1CC[C@]23c4c5ccc(O)c4O[C@H]2[C@@H](O)C=C[C@H]3[C@@H]1C5=O. The van der Waals surface area contributed by atoms with E-state index in [0.29, 0.717) is 17.5 Å². The van der Waals surface area contributed by atoms with Crippen LogP contribution in [-0.2, 0) is 5.41 Å². The summed E-state index contributed by atoms with van der Waals surface area (Å²) in [6, 6.07) is 2.12. The molecule has 5 rings (SSSR count). The molecule has 0 amide bonds. The zero-order chi connectivity index (χ0) is 17.7. The number of Topliss-reactive ketones (excluding diaryl/α,β-unsaturated/α-hetero) is 1. The number of benzene rings is 1. The van der Waals surface area contributed by atoms with Crippen LogP contribution < -0.4 is 4.74 Å². The normalized spacial score (nSPS) is 43.9. The minimum Gasteiger partial charge on any atom is -0.504 e. The molecule has 2 heterocycles. The molecule has 114 valence electrons. The number of likely N-dealkylation sites (tertiary alicyclic amines) is 1. The summed E-state index contributed by atoms with van der Waals surface area (Å²) in [6.45, 7) is -2.17. The number of hydrogen-bond donors (Lipinski definition) is 2. The predicted molar refractivity (Wildman–Crippen MR) is 78.2 cm³/mol. The molecule has 5 atom stereocenters. The van der Waals surface area contributed by atoms with E-state index in [2.05, 4.69) is 0 Å². The number of ether oxygens (including phenoxy) is 1. The van der Waals surface area contributed by atoms with Gasteiger partial charge in [-0.2, -0.15) is 0 Å². The molecule has 1 aromatic rings. The van der Waals surface area contributed by atoms with E-state index in [-0.39, 0.29) is 23.8 Å². The lowest BCUT2D eigenvalue weighted by molar-refractivity contribution is -0.0386. The van der Waals surface area contributed by atoms with Gasteiger partial charge in [-0.1, -0.05) is 12.2 Å². The fourth-order valence-corrected chi connectivity index (χ4v) is 4.89. The number of carbonyl (C=O) groups excluding carboxylic acids is 1. The van der Waals surface area contributed by atoms with Gasteiger partial charge in [0.15, 0.2) is 17.3 Å². The molecule has 1 fully saturated rings. The van der Waals surface area contributed by atoms with Gasteiger partial charge in [-0.25, -0.2) is 0 Å². The molecule has 0 aromatic heterocycles. The zero-order valence-corrected chi connectivity index (χ0v) is 11.7. The van der Waals surface area contributed by atoms with E-state index in [1.54, 1.807) is 18.2 Å². The Kier molecular flexibility index (Phi) is 1.70. The van der Waals surface area contributed by atoms with Crippen molar-refractivity contribution in [3.05, 3.63) is 35.4 Å². The molecule has 5 nitrogen and oxygen atoms in total. The highest BCUT2D eigenvalue weighted by atomic mass is 16.5. The van der Waals surface area contributed by atoms with Gasteiger partial charge in [-0.15, -0.1) is 0 Å². The second kappa shape index (κ2) is 3.73. The zero-order valence-electron chi connectivity index (χ0n) is 14.7. The van der Waals surface area contributed by atoms with E-state index in [0.717, 1.165) is 0 Å². The molecule has 4 aliphatic rings. The van der Waals surface area contributed by atoms with Gasteiger partial charge in [0, 0.05) is 26.6 Å². The first-order valence-corrected chi connectivity index (χ1v) is 7.47. The highest BCUT2D eigenvalue weighted by Gasteiger charge is 2.66. The largest absolute Gasteiger partial charge is 0.504 e. The van der Waals surface area contributed by atoms with Crippen LogP contribution in [0.1, 0.15) is 26.5 Å². The van der Waals surface area contributed by atoms with E-state index in [1.807, 2.05) is 0 Å². The number of rotatable bonds is 0. The summed E-state index contributed by atoms with van der Waals surface area (Å²) in [4.78, 5) is 14.5. The van der Waals surface area contributed by atoms with Crippen LogP contribution in [0.2, 0.25) is 0 Å². The van der Waals surface area contributed by atoms with Crippen LogP contribution in [-0.4, -0.2) is 52.7 Å². The van der Waals surface area contributed by atoms with E-state index < -0.39 is 36.6 Å². The molecule has 2 aliphatic heterocycles.